The molecule has 0 fully saturated rings. The maximum atomic E-state index is 11.9. The van der Waals surface area contributed by atoms with Gasteiger partial charge in [0, 0.05) is 28.2 Å². The van der Waals surface area contributed by atoms with Gasteiger partial charge in [0.2, 0.25) is 10.0 Å². The molecule has 0 aliphatic carbocycles. The van der Waals surface area contributed by atoms with E-state index in [-0.39, 0.29) is 10.7 Å². The molecule has 2 N–H and O–H groups in total. The minimum absolute atomic E-state index is 0.0531. The molecule has 1 aromatic heterocycles. The molecule has 1 aromatic rings. The van der Waals surface area contributed by atoms with E-state index in [1.165, 1.54) is 14.1 Å². The van der Waals surface area contributed by atoms with Gasteiger partial charge in [-0.05, 0) is 11.5 Å². The average molecular weight is 250 g/mol. The highest BCUT2D eigenvalue weighted by molar-refractivity contribution is 7.89. The van der Waals surface area contributed by atoms with E-state index in [4.69, 9.17) is 5.73 Å². The van der Waals surface area contributed by atoms with Gasteiger partial charge in [0.15, 0.2) is 10.7 Å². The molecule has 0 amide bonds. The van der Waals surface area contributed by atoms with E-state index in [0.717, 1.165) is 15.8 Å². The zero-order valence-electron chi connectivity index (χ0n) is 9.05. The number of anilines is 2. The van der Waals surface area contributed by atoms with Gasteiger partial charge in [0.05, 0.1) is 0 Å². The summed E-state index contributed by atoms with van der Waals surface area (Å²) in [6.45, 7) is 0. The second-order valence-electron chi connectivity index (χ2n) is 3.38. The number of nitrogens with zero attached hydrogens (tertiary/aromatic N) is 3. The lowest BCUT2D eigenvalue weighted by Gasteiger charge is -2.15. The fourth-order valence-corrected chi connectivity index (χ4v) is 3.19. The SMILES string of the molecule is CN(C)c1snc(N)c1S(=O)(=O)N(C)C. The van der Waals surface area contributed by atoms with Crippen LogP contribution >= 0.6 is 11.5 Å². The quantitative estimate of drug-likeness (QED) is 0.819. The zero-order valence-corrected chi connectivity index (χ0v) is 10.7. The summed E-state index contributed by atoms with van der Waals surface area (Å²) in [6, 6.07) is 0. The van der Waals surface area contributed by atoms with E-state index < -0.39 is 10.0 Å². The molecule has 15 heavy (non-hydrogen) atoms. The van der Waals surface area contributed by atoms with E-state index >= 15 is 0 Å². The molecule has 1 heterocycles. The first-order valence-electron chi connectivity index (χ1n) is 4.13. The van der Waals surface area contributed by atoms with Gasteiger partial charge in [-0.1, -0.05) is 0 Å². The number of nitrogen functional groups attached to an aromatic ring is 1. The smallest absolute Gasteiger partial charge is 0.249 e. The molecule has 0 spiro atoms. The summed E-state index contributed by atoms with van der Waals surface area (Å²) in [5.41, 5.74) is 5.57. The van der Waals surface area contributed by atoms with Crippen LogP contribution in [0.1, 0.15) is 0 Å². The largest absolute Gasteiger partial charge is 0.382 e. The van der Waals surface area contributed by atoms with Crippen LogP contribution in [0, 0.1) is 0 Å². The van der Waals surface area contributed by atoms with Crippen LogP contribution in [-0.2, 0) is 10.0 Å². The van der Waals surface area contributed by atoms with Gasteiger partial charge >= 0.3 is 0 Å². The topological polar surface area (TPSA) is 79.5 Å². The van der Waals surface area contributed by atoms with Crippen LogP contribution < -0.4 is 10.6 Å². The third kappa shape index (κ3) is 2.06. The Balaban J connectivity index is 3.43. The van der Waals surface area contributed by atoms with Gasteiger partial charge in [-0.2, -0.15) is 4.37 Å². The van der Waals surface area contributed by atoms with E-state index in [9.17, 15) is 8.42 Å². The molecule has 1 rings (SSSR count). The Morgan fingerprint density at radius 1 is 1.27 bits per heavy atom. The Kier molecular flexibility index (Phi) is 3.22. The Labute approximate surface area is 93.5 Å². The number of rotatable bonds is 3. The molecule has 6 nitrogen and oxygen atoms in total. The van der Waals surface area contributed by atoms with Gasteiger partial charge in [0.1, 0.15) is 5.00 Å². The highest BCUT2D eigenvalue weighted by Gasteiger charge is 2.28. The molecule has 0 saturated heterocycles. The highest BCUT2D eigenvalue weighted by atomic mass is 32.2. The average Bonchev–Trinajstić information content (AvgIpc) is 2.47. The molecule has 8 heteroatoms. The standard InChI is InChI=1S/C7H14N4O2S2/c1-10(2)7-5(6(8)9-14-7)15(12,13)11(3)4/h1-4H3,(H2,8,9). The van der Waals surface area contributed by atoms with Gasteiger partial charge in [-0.15, -0.1) is 0 Å². The minimum Gasteiger partial charge on any atom is -0.382 e. The summed E-state index contributed by atoms with van der Waals surface area (Å²) in [4.78, 5) is 1.77. The van der Waals surface area contributed by atoms with Crippen LogP contribution in [0.15, 0.2) is 4.90 Å². The third-order valence-electron chi connectivity index (χ3n) is 1.80. The predicted octanol–water partition coefficient (Wildman–Crippen LogP) is 0.0416. The summed E-state index contributed by atoms with van der Waals surface area (Å²) >= 11 is 1.07. The molecule has 0 atom stereocenters. The monoisotopic (exact) mass is 250 g/mol. The summed E-state index contributed by atoms with van der Waals surface area (Å²) in [5, 5.41) is 0.543. The van der Waals surface area contributed by atoms with Crippen molar-refractivity contribution in [3.63, 3.8) is 0 Å². The van der Waals surface area contributed by atoms with Gasteiger partial charge < -0.3 is 10.6 Å². The van der Waals surface area contributed by atoms with Crippen molar-refractivity contribution in [1.29, 1.82) is 0 Å². The Morgan fingerprint density at radius 2 is 1.80 bits per heavy atom. The second-order valence-corrected chi connectivity index (χ2v) is 6.22. The number of hydrogen-bond acceptors (Lipinski definition) is 6. The predicted molar refractivity (Wildman–Crippen MR) is 61.7 cm³/mol. The summed E-state index contributed by atoms with van der Waals surface area (Å²) in [6.07, 6.45) is 0. The van der Waals surface area contributed by atoms with Crippen LogP contribution in [0.25, 0.3) is 0 Å². The van der Waals surface area contributed by atoms with Crippen molar-refractivity contribution in [1.82, 2.24) is 8.68 Å². The lowest BCUT2D eigenvalue weighted by molar-refractivity contribution is 0.521. The third-order valence-corrected chi connectivity index (χ3v) is 4.84. The molecular formula is C7H14N4O2S2. The first kappa shape index (κ1) is 12.2. The molecule has 0 radical (unpaired) electrons. The number of hydrogen-bond donors (Lipinski definition) is 1. The number of sulfonamides is 1. The molecule has 86 valence electrons. The molecule has 0 unspecified atom stereocenters. The van der Waals surface area contributed by atoms with Gasteiger partial charge in [-0.25, -0.2) is 12.7 Å². The van der Waals surface area contributed by atoms with Crippen molar-refractivity contribution in [3.05, 3.63) is 0 Å². The number of aromatic nitrogens is 1. The van der Waals surface area contributed by atoms with Crippen molar-refractivity contribution in [2.24, 2.45) is 0 Å². The van der Waals surface area contributed by atoms with Crippen molar-refractivity contribution in [2.45, 2.75) is 4.90 Å². The summed E-state index contributed by atoms with van der Waals surface area (Å²) < 4.78 is 28.8. The minimum atomic E-state index is -3.53. The normalized spacial score (nSPS) is 12.1. The van der Waals surface area contributed by atoms with Crippen LogP contribution in [0.4, 0.5) is 10.8 Å². The Bertz CT molecular complexity index is 450. The van der Waals surface area contributed by atoms with E-state index in [1.807, 2.05) is 0 Å². The molecule has 0 bridgehead atoms. The Morgan fingerprint density at radius 3 is 2.20 bits per heavy atom. The summed E-state index contributed by atoms with van der Waals surface area (Å²) in [7, 11) is 2.91. The fourth-order valence-electron chi connectivity index (χ4n) is 0.995. The molecular weight excluding hydrogens is 236 g/mol. The zero-order chi connectivity index (χ0) is 11.8. The van der Waals surface area contributed by atoms with Crippen molar-refractivity contribution < 1.29 is 8.42 Å². The highest BCUT2D eigenvalue weighted by Crippen LogP contribution is 2.34. The van der Waals surface area contributed by atoms with Crippen LogP contribution in [0.2, 0.25) is 0 Å². The molecule has 0 saturated carbocycles. The number of nitrogens with two attached hydrogens (primary N) is 1. The van der Waals surface area contributed by atoms with Crippen molar-refractivity contribution in [3.8, 4) is 0 Å². The van der Waals surface area contributed by atoms with E-state index in [1.54, 1.807) is 19.0 Å². The van der Waals surface area contributed by atoms with Crippen LogP contribution in [0.3, 0.4) is 0 Å². The molecule has 0 aliphatic rings. The first-order valence-corrected chi connectivity index (χ1v) is 6.34. The van der Waals surface area contributed by atoms with E-state index in [2.05, 4.69) is 4.37 Å². The first-order chi connectivity index (χ1) is 6.78. The van der Waals surface area contributed by atoms with Gasteiger partial charge in [-0.3, -0.25) is 0 Å². The van der Waals surface area contributed by atoms with Crippen molar-refractivity contribution >= 4 is 32.4 Å². The summed E-state index contributed by atoms with van der Waals surface area (Å²) in [5.74, 6) is 0.0531. The lowest BCUT2D eigenvalue weighted by Crippen LogP contribution is -2.24. The van der Waals surface area contributed by atoms with E-state index in [0.29, 0.717) is 5.00 Å². The Hall–Kier alpha value is -0.860. The maximum Gasteiger partial charge on any atom is 0.249 e. The second kappa shape index (κ2) is 3.95. The van der Waals surface area contributed by atoms with Crippen LogP contribution in [0.5, 0.6) is 0 Å². The molecule has 0 aromatic carbocycles. The fraction of sp³-hybridized carbons (Fsp3) is 0.571. The van der Waals surface area contributed by atoms with Gasteiger partial charge in [0.25, 0.3) is 0 Å². The van der Waals surface area contributed by atoms with Crippen LogP contribution in [-0.4, -0.2) is 45.3 Å². The lowest BCUT2D eigenvalue weighted by atomic mass is 10.6. The molecule has 0 aliphatic heterocycles. The van der Waals surface area contributed by atoms with Crippen molar-refractivity contribution in [2.75, 3.05) is 38.8 Å². The maximum absolute atomic E-state index is 11.9.